The van der Waals surface area contributed by atoms with Crippen LogP contribution in [0.1, 0.15) is 15.9 Å². The van der Waals surface area contributed by atoms with Gasteiger partial charge in [-0.2, -0.15) is 13.2 Å². The summed E-state index contributed by atoms with van der Waals surface area (Å²) in [5.74, 6) is -1.36. The van der Waals surface area contributed by atoms with Crippen LogP contribution in [0.25, 0.3) is 0 Å². The van der Waals surface area contributed by atoms with Crippen molar-refractivity contribution in [2.24, 2.45) is 0 Å². The molecule has 1 fully saturated rings. The molecule has 1 saturated heterocycles. The molecular formula is C13H16ClF3N2O2. The average molecular weight is 325 g/mol. The molecule has 8 heteroatoms. The lowest BCUT2D eigenvalue weighted by Crippen LogP contribution is -2.45. The Balaban J connectivity index is 0.00000220. The average Bonchev–Trinajstić information content (AvgIpc) is 2.38. The second-order valence-electron chi connectivity index (χ2n) is 4.83. The number of halogens is 4. The summed E-state index contributed by atoms with van der Waals surface area (Å²) in [6, 6.07) is 3.17. The van der Waals surface area contributed by atoms with Crippen LogP contribution in [0, 0.1) is 0 Å². The monoisotopic (exact) mass is 324 g/mol. The predicted molar refractivity (Wildman–Crippen MR) is 75.4 cm³/mol. The highest BCUT2D eigenvalue weighted by Crippen LogP contribution is 2.37. The second-order valence-corrected chi connectivity index (χ2v) is 4.83. The van der Waals surface area contributed by atoms with Gasteiger partial charge in [-0.05, 0) is 25.2 Å². The summed E-state index contributed by atoms with van der Waals surface area (Å²) in [6.45, 7) is 2.34. The minimum Gasteiger partial charge on any atom is -0.478 e. The smallest absolute Gasteiger partial charge is 0.418 e. The van der Waals surface area contributed by atoms with Crippen LogP contribution in [-0.4, -0.2) is 49.2 Å². The standard InChI is InChI=1S/C13H15F3N2O2.ClH/c1-17-4-6-18(7-5-17)11-3-2-9(12(19)20)8-10(11)13(14,15)16;/h2-3,8H,4-7H2,1H3,(H,19,20);1H. The lowest BCUT2D eigenvalue weighted by molar-refractivity contribution is -0.137. The number of aromatic carboxylic acids is 1. The van der Waals surface area contributed by atoms with Gasteiger partial charge in [-0.15, -0.1) is 12.4 Å². The van der Waals surface area contributed by atoms with Gasteiger partial charge in [-0.25, -0.2) is 4.79 Å². The molecule has 0 radical (unpaired) electrons. The zero-order chi connectivity index (χ0) is 14.9. The number of carbonyl (C=O) groups is 1. The van der Waals surface area contributed by atoms with Crippen LogP contribution in [-0.2, 0) is 6.18 Å². The molecule has 1 aliphatic rings. The molecule has 1 aromatic rings. The van der Waals surface area contributed by atoms with Gasteiger partial charge in [0.05, 0.1) is 11.1 Å². The van der Waals surface area contributed by atoms with E-state index < -0.39 is 17.7 Å². The van der Waals surface area contributed by atoms with Crippen molar-refractivity contribution < 1.29 is 23.1 Å². The number of rotatable bonds is 2. The molecule has 118 valence electrons. The van der Waals surface area contributed by atoms with Gasteiger partial charge in [0.15, 0.2) is 0 Å². The van der Waals surface area contributed by atoms with Crippen molar-refractivity contribution in [2.75, 3.05) is 38.1 Å². The van der Waals surface area contributed by atoms with Crippen molar-refractivity contribution in [3.63, 3.8) is 0 Å². The molecule has 0 bridgehead atoms. The van der Waals surface area contributed by atoms with Crippen LogP contribution in [0.2, 0.25) is 0 Å². The molecule has 0 aliphatic carbocycles. The van der Waals surface area contributed by atoms with Crippen LogP contribution >= 0.6 is 12.4 Å². The third kappa shape index (κ3) is 4.01. The number of benzene rings is 1. The summed E-state index contributed by atoms with van der Waals surface area (Å²) >= 11 is 0. The molecule has 1 heterocycles. The number of hydrogen-bond donors (Lipinski definition) is 1. The highest BCUT2D eigenvalue weighted by molar-refractivity contribution is 5.88. The second kappa shape index (κ2) is 6.53. The van der Waals surface area contributed by atoms with Crippen molar-refractivity contribution >= 4 is 24.1 Å². The number of piperazine rings is 1. The Kier molecular flexibility index (Phi) is 5.47. The van der Waals surface area contributed by atoms with Crippen LogP contribution < -0.4 is 4.90 Å². The van der Waals surface area contributed by atoms with E-state index in [1.54, 1.807) is 4.90 Å². The number of anilines is 1. The van der Waals surface area contributed by atoms with E-state index in [2.05, 4.69) is 0 Å². The summed E-state index contributed by atoms with van der Waals surface area (Å²) in [5.41, 5.74) is -1.19. The van der Waals surface area contributed by atoms with E-state index in [1.807, 2.05) is 11.9 Å². The maximum absolute atomic E-state index is 13.1. The molecule has 4 nitrogen and oxygen atoms in total. The quantitative estimate of drug-likeness (QED) is 0.908. The van der Waals surface area contributed by atoms with Gasteiger partial charge >= 0.3 is 12.1 Å². The molecule has 1 aliphatic heterocycles. The molecule has 21 heavy (non-hydrogen) atoms. The van der Waals surface area contributed by atoms with E-state index in [0.29, 0.717) is 32.2 Å². The Labute approximate surface area is 126 Å². The molecule has 0 atom stereocenters. The first-order chi connectivity index (χ1) is 9.29. The van der Waals surface area contributed by atoms with Crippen LogP contribution in [0.15, 0.2) is 18.2 Å². The van der Waals surface area contributed by atoms with Gasteiger partial charge in [0.2, 0.25) is 0 Å². The molecule has 0 unspecified atom stereocenters. The third-order valence-electron chi connectivity index (χ3n) is 3.39. The van der Waals surface area contributed by atoms with Gasteiger partial charge in [0.1, 0.15) is 0 Å². The van der Waals surface area contributed by atoms with E-state index in [9.17, 15) is 18.0 Å². The first kappa shape index (κ1) is 17.6. The minimum atomic E-state index is -4.57. The van der Waals surface area contributed by atoms with Crippen LogP contribution in [0.3, 0.4) is 0 Å². The number of hydrogen-bond acceptors (Lipinski definition) is 3. The van der Waals surface area contributed by atoms with E-state index in [0.717, 1.165) is 0 Å². The number of likely N-dealkylation sites (N-methyl/N-ethyl adjacent to an activating group) is 1. The number of carboxylic acids is 1. The predicted octanol–water partition coefficient (Wildman–Crippen LogP) is 2.58. The fourth-order valence-electron chi connectivity index (χ4n) is 2.22. The summed E-state index contributed by atoms with van der Waals surface area (Å²) in [7, 11) is 1.91. The molecule has 0 spiro atoms. The van der Waals surface area contributed by atoms with Gasteiger partial charge in [-0.3, -0.25) is 0 Å². The zero-order valence-corrected chi connectivity index (χ0v) is 12.2. The van der Waals surface area contributed by atoms with Crippen molar-refractivity contribution in [1.29, 1.82) is 0 Å². The van der Waals surface area contributed by atoms with Crippen LogP contribution in [0.4, 0.5) is 18.9 Å². The normalized spacial score (nSPS) is 16.5. The summed E-state index contributed by atoms with van der Waals surface area (Å²) in [6.07, 6.45) is -4.57. The van der Waals surface area contributed by atoms with Crippen molar-refractivity contribution in [3.8, 4) is 0 Å². The molecule has 0 aromatic heterocycles. The Morgan fingerprint density at radius 2 is 1.76 bits per heavy atom. The lowest BCUT2D eigenvalue weighted by Gasteiger charge is -2.35. The van der Waals surface area contributed by atoms with Gasteiger partial charge in [0.25, 0.3) is 0 Å². The first-order valence-electron chi connectivity index (χ1n) is 6.17. The number of alkyl halides is 3. The SMILES string of the molecule is CN1CCN(c2ccc(C(=O)O)cc2C(F)(F)F)CC1.Cl. The molecular weight excluding hydrogens is 309 g/mol. The highest BCUT2D eigenvalue weighted by atomic mass is 35.5. The summed E-state index contributed by atoms with van der Waals surface area (Å²) in [4.78, 5) is 14.5. The minimum absolute atomic E-state index is 0. The molecule has 0 saturated carbocycles. The number of carboxylic acid groups (broad SMARTS) is 1. The molecule has 1 aromatic carbocycles. The fraction of sp³-hybridized carbons (Fsp3) is 0.462. The maximum Gasteiger partial charge on any atom is 0.418 e. The van der Waals surface area contributed by atoms with E-state index in [1.165, 1.54) is 12.1 Å². The van der Waals surface area contributed by atoms with Gasteiger partial charge in [-0.1, -0.05) is 0 Å². The topological polar surface area (TPSA) is 43.8 Å². The molecule has 1 N–H and O–H groups in total. The molecule has 0 amide bonds. The third-order valence-corrected chi connectivity index (χ3v) is 3.39. The molecule has 2 rings (SSSR count). The lowest BCUT2D eigenvalue weighted by atomic mass is 10.1. The Morgan fingerprint density at radius 1 is 1.19 bits per heavy atom. The Hall–Kier alpha value is -1.47. The first-order valence-corrected chi connectivity index (χ1v) is 6.17. The highest BCUT2D eigenvalue weighted by Gasteiger charge is 2.36. The fourth-order valence-corrected chi connectivity index (χ4v) is 2.22. The van der Waals surface area contributed by atoms with Gasteiger partial charge in [0, 0.05) is 31.9 Å². The zero-order valence-electron chi connectivity index (χ0n) is 11.4. The Morgan fingerprint density at radius 3 is 2.24 bits per heavy atom. The van der Waals surface area contributed by atoms with Crippen molar-refractivity contribution in [1.82, 2.24) is 4.90 Å². The van der Waals surface area contributed by atoms with Gasteiger partial charge < -0.3 is 14.9 Å². The van der Waals surface area contributed by atoms with Crippen molar-refractivity contribution in [3.05, 3.63) is 29.3 Å². The summed E-state index contributed by atoms with van der Waals surface area (Å²) in [5, 5.41) is 8.82. The Bertz CT molecular complexity index is 515. The maximum atomic E-state index is 13.1. The van der Waals surface area contributed by atoms with E-state index >= 15 is 0 Å². The van der Waals surface area contributed by atoms with Crippen molar-refractivity contribution in [2.45, 2.75) is 6.18 Å². The number of nitrogens with zero attached hydrogens (tertiary/aromatic N) is 2. The largest absolute Gasteiger partial charge is 0.478 e. The van der Waals surface area contributed by atoms with E-state index in [-0.39, 0.29) is 23.7 Å². The summed E-state index contributed by atoms with van der Waals surface area (Å²) < 4.78 is 39.3. The van der Waals surface area contributed by atoms with E-state index in [4.69, 9.17) is 5.11 Å². The van der Waals surface area contributed by atoms with Crippen LogP contribution in [0.5, 0.6) is 0 Å².